The number of benzene rings is 1. The Bertz CT molecular complexity index is 594. The molecular weight excluding hydrogens is 322 g/mol. The number of anilines is 1. The first-order valence-electron chi connectivity index (χ1n) is 6.39. The number of nitrogens with zero attached hydrogens (tertiary/aromatic N) is 2. The van der Waals surface area contributed by atoms with Crippen LogP contribution in [0, 0.1) is 0 Å². The summed E-state index contributed by atoms with van der Waals surface area (Å²) in [6, 6.07) is 8.22. The molecule has 0 aliphatic carbocycles. The molecule has 2 heterocycles. The summed E-state index contributed by atoms with van der Waals surface area (Å²) in [7, 11) is 0. The van der Waals surface area contributed by atoms with E-state index in [1.807, 2.05) is 28.6 Å². The molecule has 0 saturated carbocycles. The highest BCUT2D eigenvalue weighted by Gasteiger charge is 2.23. The number of aryl methyl sites for hydroxylation is 1. The van der Waals surface area contributed by atoms with Crippen molar-refractivity contribution < 1.29 is 0 Å². The lowest BCUT2D eigenvalue weighted by molar-refractivity contribution is 0.831. The first kappa shape index (κ1) is 13.1. The van der Waals surface area contributed by atoms with Crippen molar-refractivity contribution in [3.8, 4) is 5.69 Å². The van der Waals surface area contributed by atoms with Crippen molar-refractivity contribution in [3.63, 3.8) is 0 Å². The molecule has 5 heteroatoms. The van der Waals surface area contributed by atoms with Crippen molar-refractivity contribution >= 4 is 33.5 Å². The van der Waals surface area contributed by atoms with Gasteiger partial charge in [-0.1, -0.05) is 12.1 Å². The second-order valence-corrected chi connectivity index (χ2v) is 6.40. The van der Waals surface area contributed by atoms with Crippen molar-refractivity contribution in [3.05, 3.63) is 40.0 Å². The molecule has 1 aromatic carbocycles. The predicted octanol–water partition coefficient (Wildman–Crippen LogP) is 3.51. The van der Waals surface area contributed by atoms with Crippen LogP contribution in [0.25, 0.3) is 5.69 Å². The van der Waals surface area contributed by atoms with Gasteiger partial charge in [-0.3, -0.25) is 0 Å². The van der Waals surface area contributed by atoms with Crippen molar-refractivity contribution in [2.75, 3.05) is 23.9 Å². The van der Waals surface area contributed by atoms with E-state index in [1.54, 1.807) is 0 Å². The number of thioether (sulfide) groups is 1. The predicted molar refractivity (Wildman–Crippen MR) is 85.5 cm³/mol. The van der Waals surface area contributed by atoms with E-state index in [4.69, 9.17) is 5.10 Å². The molecule has 1 aliphatic heterocycles. The summed E-state index contributed by atoms with van der Waals surface area (Å²) in [6.07, 6.45) is 4.27. The zero-order valence-electron chi connectivity index (χ0n) is 10.8. The molecule has 0 unspecified atom stereocenters. The van der Waals surface area contributed by atoms with E-state index >= 15 is 0 Å². The Hall–Kier alpha value is -0.940. The van der Waals surface area contributed by atoms with Crippen molar-refractivity contribution in [1.29, 1.82) is 0 Å². The monoisotopic (exact) mass is 337 g/mol. The molecular formula is C14H16BrN3S. The Morgan fingerprint density at radius 3 is 3.05 bits per heavy atom. The van der Waals surface area contributed by atoms with Gasteiger partial charge in [-0.15, -0.1) is 0 Å². The Kier molecular flexibility index (Phi) is 3.84. The third-order valence-corrected chi connectivity index (χ3v) is 4.64. The van der Waals surface area contributed by atoms with E-state index in [0.717, 1.165) is 35.3 Å². The first-order valence-corrected chi connectivity index (χ1v) is 8.58. The SMILES string of the molecule is CSCCc1nn(-c2ccccc2Br)c2c1CCN2. The van der Waals surface area contributed by atoms with Gasteiger partial charge in [-0.05, 0) is 46.5 Å². The molecule has 0 spiro atoms. The minimum atomic E-state index is 1.02. The van der Waals surface area contributed by atoms with Crippen LogP contribution in [0.15, 0.2) is 28.7 Å². The molecule has 3 nitrogen and oxygen atoms in total. The van der Waals surface area contributed by atoms with Gasteiger partial charge in [0.2, 0.25) is 0 Å². The number of rotatable bonds is 4. The number of hydrogen-bond acceptors (Lipinski definition) is 3. The van der Waals surface area contributed by atoms with E-state index in [2.05, 4.69) is 39.6 Å². The third kappa shape index (κ3) is 2.41. The van der Waals surface area contributed by atoms with Gasteiger partial charge in [-0.25, -0.2) is 4.68 Å². The quantitative estimate of drug-likeness (QED) is 0.925. The topological polar surface area (TPSA) is 29.9 Å². The zero-order valence-corrected chi connectivity index (χ0v) is 13.2. The molecule has 3 rings (SSSR count). The Morgan fingerprint density at radius 1 is 1.42 bits per heavy atom. The lowest BCUT2D eigenvalue weighted by atomic mass is 10.2. The van der Waals surface area contributed by atoms with E-state index < -0.39 is 0 Å². The summed E-state index contributed by atoms with van der Waals surface area (Å²) in [4.78, 5) is 0. The van der Waals surface area contributed by atoms with Crippen LogP contribution in [-0.2, 0) is 12.8 Å². The summed E-state index contributed by atoms with van der Waals surface area (Å²) in [6.45, 7) is 1.02. The standard InChI is InChI=1S/C14H16BrN3S/c1-19-9-7-12-10-6-8-16-14(10)18(17-12)13-5-3-2-4-11(13)15/h2-5,16H,6-9H2,1H3. The van der Waals surface area contributed by atoms with Crippen LogP contribution in [0.5, 0.6) is 0 Å². The fourth-order valence-electron chi connectivity index (χ4n) is 2.44. The van der Waals surface area contributed by atoms with Gasteiger partial charge in [0.1, 0.15) is 5.82 Å². The molecule has 19 heavy (non-hydrogen) atoms. The maximum Gasteiger partial charge on any atom is 0.133 e. The average Bonchev–Trinajstić information content (AvgIpc) is 3.00. The second kappa shape index (κ2) is 5.59. The Balaban J connectivity index is 2.05. The Morgan fingerprint density at radius 2 is 2.26 bits per heavy atom. The number of hydrogen-bond donors (Lipinski definition) is 1. The van der Waals surface area contributed by atoms with Gasteiger partial charge in [0.25, 0.3) is 0 Å². The normalized spacial score (nSPS) is 13.4. The minimum Gasteiger partial charge on any atom is -0.369 e. The van der Waals surface area contributed by atoms with Crippen LogP contribution in [0.1, 0.15) is 11.3 Å². The van der Waals surface area contributed by atoms with Gasteiger partial charge in [-0.2, -0.15) is 16.9 Å². The van der Waals surface area contributed by atoms with Gasteiger partial charge in [0.05, 0.1) is 11.4 Å². The lowest BCUT2D eigenvalue weighted by Crippen LogP contribution is -2.05. The van der Waals surface area contributed by atoms with Gasteiger partial charge in [0, 0.05) is 23.0 Å². The van der Waals surface area contributed by atoms with E-state index in [-0.39, 0.29) is 0 Å². The van der Waals surface area contributed by atoms with Crippen molar-refractivity contribution in [1.82, 2.24) is 9.78 Å². The van der Waals surface area contributed by atoms with Crippen LogP contribution >= 0.6 is 27.7 Å². The van der Waals surface area contributed by atoms with Crippen LogP contribution in [0.3, 0.4) is 0 Å². The van der Waals surface area contributed by atoms with Crippen molar-refractivity contribution in [2.45, 2.75) is 12.8 Å². The van der Waals surface area contributed by atoms with Crippen molar-refractivity contribution in [2.24, 2.45) is 0 Å². The van der Waals surface area contributed by atoms with E-state index in [1.165, 1.54) is 17.1 Å². The average molecular weight is 338 g/mol. The fourth-order valence-corrected chi connectivity index (χ4v) is 3.29. The molecule has 1 N–H and O–H groups in total. The summed E-state index contributed by atoms with van der Waals surface area (Å²) in [5, 5.41) is 8.28. The molecule has 0 bridgehead atoms. The minimum absolute atomic E-state index is 1.02. The number of nitrogens with one attached hydrogen (secondary N) is 1. The van der Waals surface area contributed by atoms with E-state index in [9.17, 15) is 0 Å². The third-order valence-electron chi connectivity index (χ3n) is 3.36. The van der Waals surface area contributed by atoms with Crippen LogP contribution in [0.4, 0.5) is 5.82 Å². The smallest absolute Gasteiger partial charge is 0.133 e. The maximum absolute atomic E-state index is 4.81. The van der Waals surface area contributed by atoms with Crippen LogP contribution in [-0.4, -0.2) is 28.3 Å². The number of aromatic nitrogens is 2. The first-order chi connectivity index (χ1) is 9.31. The number of fused-ring (bicyclic) bond motifs is 1. The summed E-state index contributed by atoms with van der Waals surface area (Å²) in [5.41, 5.74) is 3.73. The molecule has 1 aromatic heterocycles. The molecule has 0 saturated heterocycles. The Labute approximate surface area is 125 Å². The molecule has 0 fully saturated rings. The maximum atomic E-state index is 4.81. The molecule has 100 valence electrons. The lowest BCUT2D eigenvalue weighted by Gasteiger charge is -2.08. The molecule has 1 aliphatic rings. The summed E-state index contributed by atoms with van der Waals surface area (Å²) >= 11 is 5.48. The zero-order chi connectivity index (χ0) is 13.2. The fraction of sp³-hybridized carbons (Fsp3) is 0.357. The highest BCUT2D eigenvalue weighted by atomic mass is 79.9. The van der Waals surface area contributed by atoms with Gasteiger partial charge in [0.15, 0.2) is 0 Å². The summed E-state index contributed by atoms with van der Waals surface area (Å²) in [5.74, 6) is 2.29. The highest BCUT2D eigenvalue weighted by Crippen LogP contribution is 2.31. The van der Waals surface area contributed by atoms with E-state index in [0.29, 0.717) is 0 Å². The molecule has 0 atom stereocenters. The highest BCUT2D eigenvalue weighted by molar-refractivity contribution is 9.10. The number of para-hydroxylation sites is 1. The van der Waals surface area contributed by atoms with Crippen LogP contribution < -0.4 is 5.32 Å². The van der Waals surface area contributed by atoms with Gasteiger partial charge < -0.3 is 5.32 Å². The summed E-state index contributed by atoms with van der Waals surface area (Å²) < 4.78 is 3.12. The van der Waals surface area contributed by atoms with Crippen LogP contribution in [0.2, 0.25) is 0 Å². The largest absolute Gasteiger partial charge is 0.369 e. The van der Waals surface area contributed by atoms with Gasteiger partial charge >= 0.3 is 0 Å². The molecule has 2 aromatic rings. The number of halogens is 1. The second-order valence-electron chi connectivity index (χ2n) is 4.56. The molecule has 0 amide bonds. The molecule has 0 radical (unpaired) electrons.